The summed E-state index contributed by atoms with van der Waals surface area (Å²) in [5.41, 5.74) is 6.17. The van der Waals surface area contributed by atoms with E-state index < -0.39 is 0 Å². The number of aromatic nitrogens is 2. The molecule has 1 rings (SSSR count). The Morgan fingerprint density at radius 3 is 3.09 bits per heavy atom. The topological polar surface area (TPSA) is 76.4 Å². The Morgan fingerprint density at radius 1 is 1.91 bits per heavy atom. The zero-order valence-electron chi connectivity index (χ0n) is 6.23. The number of nitrogens with zero attached hydrogens (tertiary/aromatic N) is 3. The Balaban J connectivity index is 2.65. The summed E-state index contributed by atoms with van der Waals surface area (Å²) in [6.07, 6.45) is 1.77. The van der Waals surface area contributed by atoms with Crippen molar-refractivity contribution < 1.29 is 5.21 Å². The van der Waals surface area contributed by atoms with Gasteiger partial charge in [-0.3, -0.25) is 4.68 Å². The van der Waals surface area contributed by atoms with Crippen LogP contribution in [-0.4, -0.2) is 20.8 Å². The predicted molar refractivity (Wildman–Crippen MR) is 40.4 cm³/mol. The van der Waals surface area contributed by atoms with Crippen molar-refractivity contribution in [1.82, 2.24) is 9.78 Å². The highest BCUT2D eigenvalue weighted by Crippen LogP contribution is 1.91. The lowest BCUT2D eigenvalue weighted by Gasteiger charge is -1.96. The van der Waals surface area contributed by atoms with Gasteiger partial charge in [-0.05, 0) is 13.0 Å². The summed E-state index contributed by atoms with van der Waals surface area (Å²) in [7, 11) is 0. The molecule has 11 heavy (non-hydrogen) atoms. The molecule has 0 radical (unpaired) electrons. The standard InChI is InChI=1S/C6H10N4O/c1-5-2-3-10(8-5)4-6(7)9-11/h2-3,11H,4H2,1H3,(H2,7,9). The summed E-state index contributed by atoms with van der Waals surface area (Å²) in [6, 6.07) is 1.85. The number of oxime groups is 1. The van der Waals surface area contributed by atoms with Gasteiger partial charge in [0.15, 0.2) is 5.84 Å². The lowest BCUT2D eigenvalue weighted by molar-refractivity contribution is 0.316. The van der Waals surface area contributed by atoms with E-state index in [0.717, 1.165) is 5.69 Å². The maximum atomic E-state index is 8.22. The summed E-state index contributed by atoms with van der Waals surface area (Å²) in [5.74, 6) is 0.146. The predicted octanol–water partition coefficient (Wildman–Crippen LogP) is -0.0621. The molecule has 1 aromatic rings. The molecule has 0 spiro atoms. The number of amidine groups is 1. The largest absolute Gasteiger partial charge is 0.409 e. The quantitative estimate of drug-likeness (QED) is 0.271. The molecule has 0 amide bonds. The highest BCUT2D eigenvalue weighted by atomic mass is 16.4. The van der Waals surface area contributed by atoms with Gasteiger partial charge in [-0.2, -0.15) is 5.10 Å². The highest BCUT2D eigenvalue weighted by Gasteiger charge is 1.96. The summed E-state index contributed by atoms with van der Waals surface area (Å²) >= 11 is 0. The third kappa shape index (κ3) is 1.96. The lowest BCUT2D eigenvalue weighted by Crippen LogP contribution is -2.19. The van der Waals surface area contributed by atoms with Crippen molar-refractivity contribution in [3.8, 4) is 0 Å². The van der Waals surface area contributed by atoms with E-state index in [4.69, 9.17) is 10.9 Å². The van der Waals surface area contributed by atoms with Crippen LogP contribution in [-0.2, 0) is 6.54 Å². The average molecular weight is 154 g/mol. The van der Waals surface area contributed by atoms with Gasteiger partial charge in [-0.15, -0.1) is 0 Å². The van der Waals surface area contributed by atoms with E-state index in [9.17, 15) is 0 Å². The number of aryl methyl sites for hydroxylation is 1. The molecule has 0 aromatic carbocycles. The van der Waals surface area contributed by atoms with Gasteiger partial charge in [-0.1, -0.05) is 5.16 Å². The van der Waals surface area contributed by atoms with Crippen LogP contribution in [0, 0.1) is 6.92 Å². The van der Waals surface area contributed by atoms with Gasteiger partial charge >= 0.3 is 0 Å². The zero-order chi connectivity index (χ0) is 8.27. The van der Waals surface area contributed by atoms with Gasteiger partial charge < -0.3 is 10.9 Å². The van der Waals surface area contributed by atoms with Crippen LogP contribution < -0.4 is 5.73 Å². The minimum absolute atomic E-state index is 0.146. The van der Waals surface area contributed by atoms with Gasteiger partial charge in [0.2, 0.25) is 0 Å². The van der Waals surface area contributed by atoms with Gasteiger partial charge in [-0.25, -0.2) is 0 Å². The summed E-state index contributed by atoms with van der Waals surface area (Å²) in [6.45, 7) is 2.20. The Morgan fingerprint density at radius 2 is 2.64 bits per heavy atom. The van der Waals surface area contributed by atoms with Crippen molar-refractivity contribution in [2.45, 2.75) is 13.5 Å². The average Bonchev–Trinajstić information content (AvgIpc) is 2.35. The van der Waals surface area contributed by atoms with E-state index >= 15 is 0 Å². The van der Waals surface area contributed by atoms with Crippen LogP contribution in [0.25, 0.3) is 0 Å². The first-order chi connectivity index (χ1) is 5.22. The fraction of sp³-hybridized carbons (Fsp3) is 0.333. The van der Waals surface area contributed by atoms with E-state index in [2.05, 4.69) is 10.3 Å². The van der Waals surface area contributed by atoms with Gasteiger partial charge in [0, 0.05) is 6.20 Å². The molecular formula is C6H10N4O. The van der Waals surface area contributed by atoms with Crippen molar-refractivity contribution in [3.63, 3.8) is 0 Å². The fourth-order valence-corrected chi connectivity index (χ4v) is 0.749. The van der Waals surface area contributed by atoms with Gasteiger partial charge in [0.05, 0.1) is 5.69 Å². The normalized spacial score (nSPS) is 11.9. The minimum atomic E-state index is 0.146. The summed E-state index contributed by atoms with van der Waals surface area (Å²) < 4.78 is 1.60. The maximum Gasteiger partial charge on any atom is 0.160 e. The molecule has 0 saturated carbocycles. The number of nitrogens with two attached hydrogens (primary N) is 1. The van der Waals surface area contributed by atoms with E-state index in [1.165, 1.54) is 0 Å². The molecule has 0 fully saturated rings. The van der Waals surface area contributed by atoms with Crippen LogP contribution in [0.1, 0.15) is 5.69 Å². The van der Waals surface area contributed by atoms with Crippen LogP contribution in [0.3, 0.4) is 0 Å². The van der Waals surface area contributed by atoms with Crippen molar-refractivity contribution in [2.75, 3.05) is 0 Å². The van der Waals surface area contributed by atoms with Gasteiger partial charge in [0.1, 0.15) is 6.54 Å². The van der Waals surface area contributed by atoms with Crippen LogP contribution in [0.5, 0.6) is 0 Å². The minimum Gasteiger partial charge on any atom is -0.409 e. The van der Waals surface area contributed by atoms with Crippen LogP contribution in [0.15, 0.2) is 17.4 Å². The molecule has 0 atom stereocenters. The molecule has 0 aliphatic rings. The summed E-state index contributed by atoms with van der Waals surface area (Å²) in [4.78, 5) is 0. The molecular weight excluding hydrogens is 144 g/mol. The highest BCUT2D eigenvalue weighted by molar-refractivity contribution is 5.79. The fourth-order valence-electron chi connectivity index (χ4n) is 0.749. The molecule has 1 heterocycles. The Hall–Kier alpha value is -1.52. The van der Waals surface area contributed by atoms with E-state index in [1.807, 2.05) is 13.0 Å². The molecule has 0 bridgehead atoms. The molecule has 0 unspecified atom stereocenters. The van der Waals surface area contributed by atoms with Crippen LogP contribution >= 0.6 is 0 Å². The number of hydrogen-bond donors (Lipinski definition) is 2. The SMILES string of the molecule is Cc1ccn(CC(N)=NO)n1. The second-order valence-electron chi connectivity index (χ2n) is 2.25. The molecule has 5 nitrogen and oxygen atoms in total. The first-order valence-corrected chi connectivity index (χ1v) is 3.19. The molecule has 60 valence electrons. The third-order valence-electron chi connectivity index (χ3n) is 1.23. The van der Waals surface area contributed by atoms with Crippen molar-refractivity contribution in [3.05, 3.63) is 18.0 Å². The summed E-state index contributed by atoms with van der Waals surface area (Å²) in [5, 5.41) is 15.1. The third-order valence-corrected chi connectivity index (χ3v) is 1.23. The van der Waals surface area contributed by atoms with Crippen molar-refractivity contribution in [2.24, 2.45) is 10.9 Å². The molecule has 0 saturated heterocycles. The van der Waals surface area contributed by atoms with E-state index in [1.54, 1.807) is 10.9 Å². The molecule has 0 aliphatic carbocycles. The zero-order valence-corrected chi connectivity index (χ0v) is 6.23. The van der Waals surface area contributed by atoms with Crippen LogP contribution in [0.2, 0.25) is 0 Å². The molecule has 3 N–H and O–H groups in total. The smallest absolute Gasteiger partial charge is 0.160 e. The first-order valence-electron chi connectivity index (χ1n) is 3.19. The maximum absolute atomic E-state index is 8.22. The Labute approximate surface area is 64.1 Å². The Kier molecular flexibility index (Phi) is 2.10. The molecule has 0 aliphatic heterocycles. The monoisotopic (exact) mass is 154 g/mol. The number of hydrogen-bond acceptors (Lipinski definition) is 3. The second-order valence-corrected chi connectivity index (χ2v) is 2.25. The van der Waals surface area contributed by atoms with Crippen LogP contribution in [0.4, 0.5) is 0 Å². The number of rotatable bonds is 2. The second kappa shape index (κ2) is 3.05. The Bertz CT molecular complexity index is 265. The molecule has 1 aromatic heterocycles. The van der Waals surface area contributed by atoms with Crippen molar-refractivity contribution in [1.29, 1.82) is 0 Å². The first kappa shape index (κ1) is 7.59. The molecule has 5 heteroatoms. The lowest BCUT2D eigenvalue weighted by atomic mass is 10.5. The van der Waals surface area contributed by atoms with E-state index in [0.29, 0.717) is 6.54 Å². The van der Waals surface area contributed by atoms with Crippen molar-refractivity contribution >= 4 is 5.84 Å². The van der Waals surface area contributed by atoms with Gasteiger partial charge in [0.25, 0.3) is 0 Å². The van der Waals surface area contributed by atoms with E-state index in [-0.39, 0.29) is 5.84 Å².